The molecule has 8 nitrogen and oxygen atoms in total. The highest BCUT2D eigenvalue weighted by Crippen LogP contribution is 2.62. The Bertz CT molecular complexity index is 1520. The Hall–Kier alpha value is -3.44. The molecule has 0 radical (unpaired) electrons. The monoisotopic (exact) mass is 518 g/mol. The summed E-state index contributed by atoms with van der Waals surface area (Å²) in [5.41, 5.74) is -3.56. The quantitative estimate of drug-likeness (QED) is 0.553. The number of halogens is 4. The van der Waals surface area contributed by atoms with Gasteiger partial charge >= 0.3 is 0 Å². The van der Waals surface area contributed by atoms with Crippen molar-refractivity contribution in [3.63, 3.8) is 0 Å². The van der Waals surface area contributed by atoms with Gasteiger partial charge in [0.25, 0.3) is 5.91 Å². The number of anilines is 1. The minimum absolute atomic E-state index is 0.0220. The molecule has 1 atom stereocenters. The van der Waals surface area contributed by atoms with Gasteiger partial charge in [-0.15, -0.1) is 0 Å². The maximum atomic E-state index is 15.0. The zero-order valence-electron chi connectivity index (χ0n) is 18.5. The van der Waals surface area contributed by atoms with Gasteiger partial charge in [0.2, 0.25) is 11.3 Å². The molecular formula is C24H18ClF3N4O4. The first-order chi connectivity index (χ1) is 17.0. The summed E-state index contributed by atoms with van der Waals surface area (Å²) in [5.74, 6) is -3.07. The van der Waals surface area contributed by atoms with Gasteiger partial charge in [0.15, 0.2) is 11.5 Å². The third-order valence-corrected chi connectivity index (χ3v) is 7.32. The molecule has 3 saturated carbocycles. The lowest BCUT2D eigenvalue weighted by Gasteiger charge is -2.65. The third kappa shape index (κ3) is 3.40. The van der Waals surface area contributed by atoms with Gasteiger partial charge in [-0.2, -0.15) is 0 Å². The molecule has 36 heavy (non-hydrogen) atoms. The second-order valence-corrected chi connectivity index (χ2v) is 10.2. The van der Waals surface area contributed by atoms with Crippen molar-refractivity contribution >= 4 is 40.3 Å². The van der Waals surface area contributed by atoms with E-state index in [1.165, 1.54) is 17.0 Å². The Morgan fingerprint density at radius 3 is 2.53 bits per heavy atom. The fourth-order valence-corrected chi connectivity index (χ4v) is 5.74. The highest BCUT2D eigenvalue weighted by Gasteiger charge is 2.70. The summed E-state index contributed by atoms with van der Waals surface area (Å²) in [6.07, 6.45) is 0.529. The van der Waals surface area contributed by atoms with Crippen molar-refractivity contribution in [2.75, 3.05) is 11.4 Å². The highest BCUT2D eigenvalue weighted by molar-refractivity contribution is 6.32. The van der Waals surface area contributed by atoms with Gasteiger partial charge in [0.05, 0.1) is 29.5 Å². The van der Waals surface area contributed by atoms with E-state index in [2.05, 4.69) is 10.3 Å². The number of β-amino-alcohol motifs (C(OH)–C–C–N with tert-alkyl or cyclic N) is 1. The van der Waals surface area contributed by atoms with E-state index < -0.39 is 46.2 Å². The summed E-state index contributed by atoms with van der Waals surface area (Å²) in [6, 6.07) is 4.18. The number of amides is 2. The average Bonchev–Trinajstić information content (AvgIpc) is 3.10. The second kappa shape index (κ2) is 7.53. The van der Waals surface area contributed by atoms with Crippen LogP contribution in [0.2, 0.25) is 5.02 Å². The van der Waals surface area contributed by atoms with E-state index in [9.17, 15) is 32.7 Å². The number of hydrogen-bond donors (Lipinski definition) is 2. The Balaban J connectivity index is 1.53. The van der Waals surface area contributed by atoms with Crippen molar-refractivity contribution < 1.29 is 27.9 Å². The lowest BCUT2D eigenvalue weighted by molar-refractivity contribution is -0.162. The number of alkyl halides is 1. The molecule has 2 N–H and O–H groups in total. The number of hydrogen-bond acceptors (Lipinski definition) is 5. The van der Waals surface area contributed by atoms with Gasteiger partial charge < -0.3 is 10.4 Å². The van der Waals surface area contributed by atoms with Crippen LogP contribution in [0.25, 0.3) is 16.7 Å². The zero-order valence-corrected chi connectivity index (χ0v) is 19.3. The van der Waals surface area contributed by atoms with Crippen molar-refractivity contribution in [1.82, 2.24) is 14.9 Å². The SMILES string of the molecule is O=C(NC12CC(F)(C1)C2)c1cn(-c2c(F)cc(F)cc2Cl)c2nc(N3C[C@@H](O)CC3=O)ccc2c1=O. The molecule has 4 aliphatic rings. The number of nitrogens with zero attached hydrogens (tertiary/aromatic N) is 3. The number of pyridine rings is 2. The molecule has 3 aliphatic carbocycles. The number of carbonyl (C=O) groups excluding carboxylic acids is 2. The molecule has 4 fully saturated rings. The van der Waals surface area contributed by atoms with E-state index in [1.54, 1.807) is 0 Å². The Morgan fingerprint density at radius 2 is 1.92 bits per heavy atom. The summed E-state index contributed by atoms with van der Waals surface area (Å²) < 4.78 is 43.7. The largest absolute Gasteiger partial charge is 0.391 e. The average molecular weight is 519 g/mol. The van der Waals surface area contributed by atoms with Crippen LogP contribution < -0.4 is 15.6 Å². The lowest BCUT2D eigenvalue weighted by Crippen LogP contribution is -2.76. The van der Waals surface area contributed by atoms with Gasteiger partial charge in [-0.05, 0) is 18.2 Å². The van der Waals surface area contributed by atoms with E-state index in [-0.39, 0.29) is 65.4 Å². The number of carbonyl (C=O) groups is 2. The summed E-state index contributed by atoms with van der Waals surface area (Å²) in [6.45, 7) is -0.0220. The number of aliphatic hydroxyl groups is 1. The van der Waals surface area contributed by atoms with Crippen molar-refractivity contribution in [1.29, 1.82) is 0 Å². The highest BCUT2D eigenvalue weighted by atomic mass is 35.5. The molecule has 2 bridgehead atoms. The van der Waals surface area contributed by atoms with E-state index in [4.69, 9.17) is 11.6 Å². The van der Waals surface area contributed by atoms with Crippen LogP contribution in [0.3, 0.4) is 0 Å². The zero-order chi connectivity index (χ0) is 25.6. The topological polar surface area (TPSA) is 105 Å². The van der Waals surface area contributed by atoms with Crippen LogP contribution in [0, 0.1) is 11.6 Å². The number of benzene rings is 1. The fourth-order valence-electron chi connectivity index (χ4n) is 5.46. The van der Waals surface area contributed by atoms with Gasteiger partial charge in [-0.25, -0.2) is 18.2 Å². The van der Waals surface area contributed by atoms with Gasteiger partial charge in [-0.1, -0.05) is 11.6 Å². The van der Waals surface area contributed by atoms with E-state index in [1.807, 2.05) is 0 Å². The van der Waals surface area contributed by atoms with Crippen LogP contribution in [-0.2, 0) is 4.79 Å². The first kappa shape index (κ1) is 23.0. The Morgan fingerprint density at radius 1 is 1.19 bits per heavy atom. The molecule has 0 unspecified atom stereocenters. The van der Waals surface area contributed by atoms with Gasteiger partial charge in [0, 0.05) is 37.1 Å². The summed E-state index contributed by atoms with van der Waals surface area (Å²) in [4.78, 5) is 44.2. The molecule has 7 rings (SSSR count). The van der Waals surface area contributed by atoms with Crippen LogP contribution in [0.15, 0.2) is 35.3 Å². The molecule has 1 saturated heterocycles. The minimum Gasteiger partial charge on any atom is -0.391 e. The first-order valence-electron chi connectivity index (χ1n) is 11.2. The predicted octanol–water partition coefficient (Wildman–Crippen LogP) is 2.79. The molecule has 1 aromatic carbocycles. The standard InChI is InChI=1S/C24H18ClF3N4O4/c25-15-3-11(26)4-16(27)19(15)32-7-14(22(36)30-24-8-23(28,9-24)10-24)20(35)13-1-2-17(29-21(13)32)31-6-12(33)5-18(31)34/h1-4,7,12,33H,5-6,8-10H2,(H,30,36)/t12-,23?,24?/m0/s1. The molecule has 2 aromatic heterocycles. The van der Waals surface area contributed by atoms with Crippen molar-refractivity contribution in [2.24, 2.45) is 0 Å². The first-order valence-corrected chi connectivity index (χ1v) is 11.6. The number of nitrogens with one attached hydrogen (secondary N) is 1. The van der Waals surface area contributed by atoms with Crippen LogP contribution in [-0.4, -0.2) is 50.3 Å². The molecular weight excluding hydrogens is 501 g/mol. The van der Waals surface area contributed by atoms with Gasteiger partial charge in [0.1, 0.15) is 28.6 Å². The van der Waals surface area contributed by atoms with E-state index in [0.29, 0.717) is 6.07 Å². The van der Waals surface area contributed by atoms with Crippen molar-refractivity contribution in [2.45, 2.75) is 43.0 Å². The summed E-state index contributed by atoms with van der Waals surface area (Å²) in [5, 5.41) is 12.1. The molecule has 0 spiro atoms. The molecule has 3 aromatic rings. The maximum Gasteiger partial charge on any atom is 0.257 e. The smallest absolute Gasteiger partial charge is 0.257 e. The fraction of sp³-hybridized carbons (Fsp3) is 0.333. The number of fused-ring (bicyclic) bond motifs is 1. The van der Waals surface area contributed by atoms with Crippen LogP contribution in [0.1, 0.15) is 36.0 Å². The molecule has 3 heterocycles. The van der Waals surface area contributed by atoms with E-state index >= 15 is 0 Å². The van der Waals surface area contributed by atoms with Crippen LogP contribution >= 0.6 is 11.6 Å². The Labute approximate surface area is 206 Å². The normalized spacial score (nSPS) is 26.6. The van der Waals surface area contributed by atoms with Crippen LogP contribution in [0.5, 0.6) is 0 Å². The minimum atomic E-state index is -1.28. The Kier molecular flexibility index (Phi) is 4.81. The molecule has 2 amide bonds. The predicted molar refractivity (Wildman–Crippen MR) is 123 cm³/mol. The third-order valence-electron chi connectivity index (χ3n) is 7.03. The van der Waals surface area contributed by atoms with Crippen molar-refractivity contribution in [3.8, 4) is 5.69 Å². The van der Waals surface area contributed by atoms with E-state index in [0.717, 1.165) is 16.8 Å². The number of aromatic nitrogens is 2. The lowest BCUT2D eigenvalue weighted by atomic mass is 9.47. The number of aliphatic hydroxyl groups excluding tert-OH is 1. The van der Waals surface area contributed by atoms with Crippen molar-refractivity contribution in [3.05, 3.63) is 62.9 Å². The number of rotatable bonds is 4. The molecule has 186 valence electrons. The summed E-state index contributed by atoms with van der Waals surface area (Å²) >= 11 is 6.16. The second-order valence-electron chi connectivity index (χ2n) is 9.78. The molecule has 12 heteroatoms. The summed E-state index contributed by atoms with van der Waals surface area (Å²) in [7, 11) is 0. The maximum absolute atomic E-state index is 15.0. The van der Waals surface area contributed by atoms with Crippen LogP contribution in [0.4, 0.5) is 19.0 Å². The van der Waals surface area contributed by atoms with Gasteiger partial charge in [-0.3, -0.25) is 23.9 Å². The molecule has 1 aliphatic heterocycles.